The average molecular weight is 281 g/mol. The molecule has 1 saturated heterocycles. The van der Waals surface area contributed by atoms with E-state index in [9.17, 15) is 13.2 Å². The average Bonchev–Trinajstić information content (AvgIpc) is 2.54. The van der Waals surface area contributed by atoms with Crippen molar-refractivity contribution in [3.05, 3.63) is 35.1 Å². The highest BCUT2D eigenvalue weighted by atomic mass is 35.5. The van der Waals surface area contributed by atoms with Gasteiger partial charge in [0.25, 0.3) is 0 Å². The molecule has 0 radical (unpaired) electrons. The molecule has 0 atom stereocenters. The predicted octanol–water partition coefficient (Wildman–Crippen LogP) is 2.32. The van der Waals surface area contributed by atoms with E-state index in [2.05, 4.69) is 10.2 Å². The molecular weight excluding hydrogens is 265 g/mol. The minimum absolute atomic E-state index is 0. The highest BCUT2D eigenvalue weighted by Crippen LogP contribution is 2.15. The van der Waals surface area contributed by atoms with Crippen molar-refractivity contribution in [2.45, 2.75) is 13.0 Å². The van der Waals surface area contributed by atoms with Gasteiger partial charge in [-0.2, -0.15) is 0 Å². The number of nitrogens with zero attached hydrogens (tertiary/aromatic N) is 1. The molecule has 0 aromatic heterocycles. The van der Waals surface area contributed by atoms with Crippen LogP contribution in [0.15, 0.2) is 12.1 Å². The fourth-order valence-corrected chi connectivity index (χ4v) is 2.02. The van der Waals surface area contributed by atoms with Gasteiger partial charge >= 0.3 is 0 Å². The summed E-state index contributed by atoms with van der Waals surface area (Å²) in [5.74, 6) is -3.63. The Kier molecular flexibility index (Phi) is 5.91. The van der Waals surface area contributed by atoms with Crippen LogP contribution in [0.4, 0.5) is 13.2 Å². The van der Waals surface area contributed by atoms with E-state index >= 15 is 0 Å². The quantitative estimate of drug-likeness (QED) is 0.837. The Morgan fingerprint density at radius 2 is 1.72 bits per heavy atom. The lowest BCUT2D eigenvalue weighted by Crippen LogP contribution is -2.27. The molecule has 2 nitrogen and oxygen atoms in total. The molecule has 0 spiro atoms. The second kappa shape index (κ2) is 6.97. The summed E-state index contributed by atoms with van der Waals surface area (Å²) < 4.78 is 38.8. The van der Waals surface area contributed by atoms with Crippen molar-refractivity contribution in [3.8, 4) is 0 Å². The van der Waals surface area contributed by atoms with Gasteiger partial charge in [-0.05, 0) is 37.2 Å². The summed E-state index contributed by atoms with van der Waals surface area (Å²) >= 11 is 0. The van der Waals surface area contributed by atoms with Gasteiger partial charge in [0.1, 0.15) is 0 Å². The molecule has 1 aliphatic heterocycles. The molecule has 1 heterocycles. The Balaban J connectivity index is 0.00000162. The topological polar surface area (TPSA) is 15.3 Å². The molecular formula is C12H16ClF3N2. The predicted molar refractivity (Wildman–Crippen MR) is 66.3 cm³/mol. The fraction of sp³-hybridized carbons (Fsp3) is 0.500. The molecule has 0 amide bonds. The standard InChI is InChI=1S/C12H15F3N2.ClH/c13-10-6-9(7-11(14)12(10)15)8-17-4-1-2-16-3-5-17;/h6-7,16H,1-5,8H2;1H. The van der Waals surface area contributed by atoms with Gasteiger partial charge in [-0.25, -0.2) is 13.2 Å². The molecule has 2 rings (SSSR count). The van der Waals surface area contributed by atoms with Crippen molar-refractivity contribution in [1.82, 2.24) is 10.2 Å². The van der Waals surface area contributed by atoms with Gasteiger partial charge in [0, 0.05) is 19.6 Å². The molecule has 0 aliphatic carbocycles. The minimum atomic E-state index is -1.40. The number of nitrogens with one attached hydrogen (secondary N) is 1. The number of hydrogen-bond acceptors (Lipinski definition) is 2. The second-order valence-electron chi connectivity index (χ2n) is 4.25. The van der Waals surface area contributed by atoms with Crippen LogP contribution in [0.1, 0.15) is 12.0 Å². The lowest BCUT2D eigenvalue weighted by atomic mass is 10.2. The van der Waals surface area contributed by atoms with Gasteiger partial charge in [0.2, 0.25) is 0 Å². The fourth-order valence-electron chi connectivity index (χ4n) is 2.02. The molecule has 0 saturated carbocycles. The monoisotopic (exact) mass is 280 g/mol. The third-order valence-electron chi connectivity index (χ3n) is 2.88. The van der Waals surface area contributed by atoms with E-state index in [1.807, 2.05) is 0 Å². The van der Waals surface area contributed by atoms with Crippen LogP contribution in [0.5, 0.6) is 0 Å². The maximum atomic E-state index is 13.0. The largest absolute Gasteiger partial charge is 0.315 e. The summed E-state index contributed by atoms with van der Waals surface area (Å²) in [6.45, 7) is 4.00. The number of benzene rings is 1. The van der Waals surface area contributed by atoms with Crippen molar-refractivity contribution in [1.29, 1.82) is 0 Å². The molecule has 1 aliphatic rings. The minimum Gasteiger partial charge on any atom is -0.315 e. The molecule has 1 N–H and O–H groups in total. The Labute approximate surface area is 111 Å². The van der Waals surface area contributed by atoms with E-state index < -0.39 is 17.5 Å². The van der Waals surface area contributed by atoms with Crippen LogP contribution in [-0.4, -0.2) is 31.1 Å². The van der Waals surface area contributed by atoms with E-state index in [1.54, 1.807) is 0 Å². The first-order valence-corrected chi connectivity index (χ1v) is 5.73. The maximum Gasteiger partial charge on any atom is 0.194 e. The van der Waals surface area contributed by atoms with E-state index in [-0.39, 0.29) is 12.4 Å². The lowest BCUT2D eigenvalue weighted by molar-refractivity contribution is 0.283. The molecule has 0 unspecified atom stereocenters. The van der Waals surface area contributed by atoms with E-state index in [4.69, 9.17) is 0 Å². The van der Waals surface area contributed by atoms with Crippen LogP contribution in [0.25, 0.3) is 0 Å². The molecule has 1 fully saturated rings. The normalized spacial score (nSPS) is 17.1. The SMILES string of the molecule is Cl.Fc1cc(CN2CCCNCC2)cc(F)c1F. The number of halogens is 4. The van der Waals surface area contributed by atoms with Crippen LogP contribution in [0, 0.1) is 17.5 Å². The first-order valence-electron chi connectivity index (χ1n) is 5.73. The molecule has 1 aromatic carbocycles. The van der Waals surface area contributed by atoms with E-state index in [1.165, 1.54) is 0 Å². The Morgan fingerprint density at radius 1 is 1.06 bits per heavy atom. The molecule has 6 heteroatoms. The summed E-state index contributed by atoms with van der Waals surface area (Å²) in [6, 6.07) is 2.13. The zero-order valence-corrected chi connectivity index (χ0v) is 10.7. The van der Waals surface area contributed by atoms with Crippen molar-refractivity contribution in [2.24, 2.45) is 0 Å². The summed E-state index contributed by atoms with van der Waals surface area (Å²) in [7, 11) is 0. The molecule has 0 bridgehead atoms. The Bertz CT molecular complexity index is 370. The molecule has 102 valence electrons. The molecule has 18 heavy (non-hydrogen) atoms. The van der Waals surface area contributed by atoms with E-state index in [0.29, 0.717) is 12.1 Å². The van der Waals surface area contributed by atoms with Gasteiger partial charge in [0.15, 0.2) is 17.5 Å². The van der Waals surface area contributed by atoms with Crippen LogP contribution in [-0.2, 0) is 6.54 Å². The zero-order valence-electron chi connectivity index (χ0n) is 9.89. The summed E-state index contributed by atoms with van der Waals surface area (Å²) in [4.78, 5) is 2.10. The van der Waals surface area contributed by atoms with Gasteiger partial charge in [-0.1, -0.05) is 0 Å². The van der Waals surface area contributed by atoms with Gasteiger partial charge < -0.3 is 5.32 Å². The third-order valence-corrected chi connectivity index (χ3v) is 2.88. The number of rotatable bonds is 2. The highest BCUT2D eigenvalue weighted by molar-refractivity contribution is 5.85. The summed E-state index contributed by atoms with van der Waals surface area (Å²) in [6.07, 6.45) is 1.01. The molecule has 1 aromatic rings. The smallest absolute Gasteiger partial charge is 0.194 e. The van der Waals surface area contributed by atoms with Crippen molar-refractivity contribution in [2.75, 3.05) is 26.2 Å². The second-order valence-corrected chi connectivity index (χ2v) is 4.25. The summed E-state index contributed by atoms with van der Waals surface area (Å²) in [5.41, 5.74) is 0.475. The highest BCUT2D eigenvalue weighted by Gasteiger charge is 2.13. The summed E-state index contributed by atoms with van der Waals surface area (Å²) in [5, 5.41) is 3.25. The van der Waals surface area contributed by atoms with Crippen LogP contribution in [0.3, 0.4) is 0 Å². The van der Waals surface area contributed by atoms with Gasteiger partial charge in [-0.15, -0.1) is 12.4 Å². The van der Waals surface area contributed by atoms with Gasteiger partial charge in [0.05, 0.1) is 0 Å². The van der Waals surface area contributed by atoms with Crippen molar-refractivity contribution < 1.29 is 13.2 Å². The maximum absolute atomic E-state index is 13.0. The van der Waals surface area contributed by atoms with E-state index in [0.717, 1.165) is 44.7 Å². The van der Waals surface area contributed by atoms with Crippen molar-refractivity contribution >= 4 is 12.4 Å². The Morgan fingerprint density at radius 3 is 2.39 bits per heavy atom. The Hall–Kier alpha value is -0.780. The first kappa shape index (κ1) is 15.3. The zero-order chi connectivity index (χ0) is 12.3. The van der Waals surface area contributed by atoms with Crippen LogP contribution in [0.2, 0.25) is 0 Å². The van der Waals surface area contributed by atoms with Crippen LogP contribution < -0.4 is 5.32 Å². The first-order chi connectivity index (χ1) is 8.16. The van der Waals surface area contributed by atoms with Crippen molar-refractivity contribution in [3.63, 3.8) is 0 Å². The van der Waals surface area contributed by atoms with Gasteiger partial charge in [-0.3, -0.25) is 4.90 Å². The number of hydrogen-bond donors (Lipinski definition) is 1. The third kappa shape index (κ3) is 3.86. The lowest BCUT2D eigenvalue weighted by Gasteiger charge is -2.19. The van der Waals surface area contributed by atoms with Crippen LogP contribution >= 0.6 is 12.4 Å².